The summed E-state index contributed by atoms with van der Waals surface area (Å²) in [7, 11) is -2.15. The first kappa shape index (κ1) is 28.9. The summed E-state index contributed by atoms with van der Waals surface area (Å²) >= 11 is 1.51. The van der Waals surface area contributed by atoms with Gasteiger partial charge in [-0.1, -0.05) is 68.5 Å². The van der Waals surface area contributed by atoms with Gasteiger partial charge in [-0.25, -0.2) is 13.4 Å². The maximum atomic E-state index is 13.8. The normalized spacial score (nSPS) is 11.9. The standard InChI is InChI=1S/C30H36N4O3S2/c1-5-23-13-18-27-28(21-23)38-30(31-27)34(20-19-33(6-2)7-3)29(35)25-14-16-26(17-15-25)39(36,37)32(4)22-24-11-9-8-10-12-24/h8-18,21H,5-7,19-20,22H2,1-4H3. The van der Waals surface area contributed by atoms with Gasteiger partial charge in [0.15, 0.2) is 5.13 Å². The molecule has 0 aliphatic rings. The van der Waals surface area contributed by atoms with E-state index in [0.29, 0.717) is 23.8 Å². The predicted molar refractivity (Wildman–Crippen MR) is 160 cm³/mol. The van der Waals surface area contributed by atoms with Crippen LogP contribution in [-0.2, 0) is 23.0 Å². The van der Waals surface area contributed by atoms with Crippen LogP contribution in [0.15, 0.2) is 77.7 Å². The number of sulfonamides is 1. The number of hydrogen-bond acceptors (Lipinski definition) is 6. The number of rotatable bonds is 12. The zero-order valence-electron chi connectivity index (χ0n) is 23.0. The van der Waals surface area contributed by atoms with Crippen LogP contribution in [0.25, 0.3) is 10.2 Å². The smallest absolute Gasteiger partial charge is 0.260 e. The second-order valence-electron chi connectivity index (χ2n) is 9.41. The van der Waals surface area contributed by atoms with Crippen LogP contribution in [-0.4, -0.2) is 61.7 Å². The summed E-state index contributed by atoms with van der Waals surface area (Å²) in [5, 5.41) is 0.648. The summed E-state index contributed by atoms with van der Waals surface area (Å²) in [6.45, 7) is 9.57. The van der Waals surface area contributed by atoms with E-state index in [0.717, 1.165) is 35.3 Å². The number of likely N-dealkylation sites (N-methyl/N-ethyl adjacent to an activating group) is 1. The molecule has 0 atom stereocenters. The van der Waals surface area contributed by atoms with Gasteiger partial charge in [-0.2, -0.15) is 4.31 Å². The highest BCUT2D eigenvalue weighted by molar-refractivity contribution is 7.89. The molecular formula is C30H36N4O3S2. The molecule has 1 amide bonds. The van der Waals surface area contributed by atoms with Crippen LogP contribution >= 0.6 is 11.3 Å². The van der Waals surface area contributed by atoms with Gasteiger partial charge < -0.3 is 4.90 Å². The van der Waals surface area contributed by atoms with Gasteiger partial charge in [0, 0.05) is 32.2 Å². The van der Waals surface area contributed by atoms with Crippen LogP contribution in [0.2, 0.25) is 0 Å². The first-order valence-electron chi connectivity index (χ1n) is 13.3. The van der Waals surface area contributed by atoms with E-state index in [-0.39, 0.29) is 17.3 Å². The van der Waals surface area contributed by atoms with E-state index in [1.165, 1.54) is 33.3 Å². The van der Waals surface area contributed by atoms with Gasteiger partial charge in [0.25, 0.3) is 5.91 Å². The van der Waals surface area contributed by atoms with E-state index in [1.807, 2.05) is 36.4 Å². The Morgan fingerprint density at radius 1 is 0.872 bits per heavy atom. The average Bonchev–Trinajstić information content (AvgIpc) is 3.38. The zero-order chi connectivity index (χ0) is 28.0. The van der Waals surface area contributed by atoms with Crippen molar-refractivity contribution in [1.29, 1.82) is 0 Å². The van der Waals surface area contributed by atoms with Gasteiger partial charge >= 0.3 is 0 Å². The van der Waals surface area contributed by atoms with Gasteiger partial charge in [-0.05, 0) is 67.0 Å². The summed E-state index contributed by atoms with van der Waals surface area (Å²) < 4.78 is 28.7. The molecular weight excluding hydrogens is 528 g/mol. The quantitative estimate of drug-likeness (QED) is 0.222. The topological polar surface area (TPSA) is 73.8 Å². The summed E-state index contributed by atoms with van der Waals surface area (Å²) in [4.78, 5) is 22.7. The fraction of sp³-hybridized carbons (Fsp3) is 0.333. The highest BCUT2D eigenvalue weighted by Gasteiger charge is 2.25. The minimum atomic E-state index is -3.71. The van der Waals surface area contributed by atoms with Crippen LogP contribution in [0.4, 0.5) is 5.13 Å². The van der Waals surface area contributed by atoms with Crippen molar-refractivity contribution >= 4 is 42.6 Å². The molecule has 0 aliphatic heterocycles. The van der Waals surface area contributed by atoms with Crippen molar-refractivity contribution in [1.82, 2.24) is 14.2 Å². The van der Waals surface area contributed by atoms with Crippen molar-refractivity contribution in [2.24, 2.45) is 0 Å². The summed E-state index contributed by atoms with van der Waals surface area (Å²) in [5.74, 6) is -0.196. The highest BCUT2D eigenvalue weighted by Crippen LogP contribution is 2.31. The minimum absolute atomic E-state index is 0.152. The fourth-order valence-electron chi connectivity index (χ4n) is 4.39. The Morgan fingerprint density at radius 2 is 1.56 bits per heavy atom. The van der Waals surface area contributed by atoms with Crippen LogP contribution in [0.1, 0.15) is 42.3 Å². The van der Waals surface area contributed by atoms with Crippen molar-refractivity contribution in [3.63, 3.8) is 0 Å². The van der Waals surface area contributed by atoms with Gasteiger partial charge in [0.05, 0.1) is 15.1 Å². The van der Waals surface area contributed by atoms with Crippen molar-refractivity contribution in [3.05, 3.63) is 89.5 Å². The van der Waals surface area contributed by atoms with E-state index in [1.54, 1.807) is 24.1 Å². The molecule has 0 fully saturated rings. The summed E-state index contributed by atoms with van der Waals surface area (Å²) in [6.07, 6.45) is 0.934. The molecule has 4 aromatic rings. The lowest BCUT2D eigenvalue weighted by Crippen LogP contribution is -2.38. The molecule has 39 heavy (non-hydrogen) atoms. The van der Waals surface area contributed by atoms with Crippen LogP contribution < -0.4 is 4.90 Å². The molecule has 0 aliphatic carbocycles. The SMILES string of the molecule is CCc1ccc2nc(N(CCN(CC)CC)C(=O)c3ccc(S(=O)(=O)N(C)Cc4ccccc4)cc3)sc2c1. The molecule has 0 saturated carbocycles. The molecule has 0 saturated heterocycles. The number of anilines is 1. The molecule has 0 radical (unpaired) electrons. The third-order valence-corrected chi connectivity index (χ3v) is 9.78. The van der Waals surface area contributed by atoms with Crippen LogP contribution in [0.3, 0.4) is 0 Å². The third kappa shape index (κ3) is 6.73. The molecule has 1 aromatic heterocycles. The van der Waals surface area contributed by atoms with Crippen molar-refractivity contribution < 1.29 is 13.2 Å². The molecule has 7 nitrogen and oxygen atoms in total. The Balaban J connectivity index is 1.59. The number of aryl methyl sites for hydroxylation is 1. The van der Waals surface area contributed by atoms with E-state index in [9.17, 15) is 13.2 Å². The molecule has 0 bridgehead atoms. The van der Waals surface area contributed by atoms with Crippen LogP contribution in [0, 0.1) is 0 Å². The number of fused-ring (bicyclic) bond motifs is 1. The molecule has 4 rings (SSSR count). The van der Waals surface area contributed by atoms with Crippen molar-refractivity contribution in [2.75, 3.05) is 38.1 Å². The van der Waals surface area contributed by atoms with Gasteiger partial charge in [-0.15, -0.1) is 0 Å². The number of aromatic nitrogens is 1. The zero-order valence-corrected chi connectivity index (χ0v) is 24.6. The lowest BCUT2D eigenvalue weighted by atomic mass is 10.2. The molecule has 3 aromatic carbocycles. The molecule has 9 heteroatoms. The number of carbonyl (C=O) groups is 1. The summed E-state index contributed by atoms with van der Waals surface area (Å²) in [5.41, 5.74) is 3.43. The maximum absolute atomic E-state index is 13.8. The Morgan fingerprint density at radius 3 is 2.21 bits per heavy atom. The van der Waals surface area contributed by atoms with E-state index < -0.39 is 10.0 Å². The monoisotopic (exact) mass is 564 g/mol. The minimum Gasteiger partial charge on any atom is -0.302 e. The predicted octanol–water partition coefficient (Wildman–Crippen LogP) is 5.67. The molecule has 0 N–H and O–H groups in total. The lowest BCUT2D eigenvalue weighted by molar-refractivity contribution is 0.0983. The largest absolute Gasteiger partial charge is 0.302 e. The fourth-order valence-corrected chi connectivity index (χ4v) is 6.60. The highest BCUT2D eigenvalue weighted by atomic mass is 32.2. The Kier molecular flexibility index (Phi) is 9.50. The number of hydrogen-bond donors (Lipinski definition) is 0. The van der Waals surface area contributed by atoms with Gasteiger partial charge in [0.2, 0.25) is 10.0 Å². The Bertz CT molecular complexity index is 1500. The average molecular weight is 565 g/mol. The molecule has 1 heterocycles. The van der Waals surface area contributed by atoms with Crippen molar-refractivity contribution in [3.8, 4) is 0 Å². The molecule has 206 valence electrons. The Hall–Kier alpha value is -3.11. The van der Waals surface area contributed by atoms with E-state index in [2.05, 4.69) is 37.8 Å². The van der Waals surface area contributed by atoms with E-state index >= 15 is 0 Å². The lowest BCUT2D eigenvalue weighted by Gasteiger charge is -2.25. The van der Waals surface area contributed by atoms with E-state index in [4.69, 9.17) is 4.98 Å². The maximum Gasteiger partial charge on any atom is 0.260 e. The third-order valence-electron chi connectivity index (χ3n) is 6.92. The Labute approximate surface area is 235 Å². The van der Waals surface area contributed by atoms with Crippen molar-refractivity contribution in [2.45, 2.75) is 38.6 Å². The van der Waals surface area contributed by atoms with Gasteiger partial charge in [-0.3, -0.25) is 9.69 Å². The number of amides is 1. The molecule has 0 unspecified atom stereocenters. The number of carbonyl (C=O) groups excluding carboxylic acids is 1. The summed E-state index contributed by atoms with van der Waals surface area (Å²) in [6, 6.07) is 21.9. The second-order valence-corrected chi connectivity index (χ2v) is 12.5. The number of nitrogens with zero attached hydrogens (tertiary/aromatic N) is 4. The first-order valence-corrected chi connectivity index (χ1v) is 15.6. The van der Waals surface area contributed by atoms with Crippen LogP contribution in [0.5, 0.6) is 0 Å². The number of benzene rings is 3. The number of thiazole rings is 1. The first-order chi connectivity index (χ1) is 18.8. The van der Waals surface area contributed by atoms with Gasteiger partial charge in [0.1, 0.15) is 0 Å². The second kappa shape index (κ2) is 12.8. The molecule has 0 spiro atoms.